The average molecular weight is 633 g/mol. The van der Waals surface area contributed by atoms with Crippen LogP contribution in [0.4, 0.5) is 5.82 Å². The monoisotopic (exact) mass is 633 g/mol. The molecule has 1 aromatic carbocycles. The van der Waals surface area contributed by atoms with Crippen LogP contribution in [0.3, 0.4) is 0 Å². The number of piperidine rings is 1. The summed E-state index contributed by atoms with van der Waals surface area (Å²) in [6.07, 6.45) is 3.64. The molecule has 2 aromatic rings. The zero-order chi connectivity index (χ0) is 22.3. The van der Waals surface area contributed by atoms with Crippen LogP contribution in [0.5, 0.6) is 0 Å². The predicted octanol–water partition coefficient (Wildman–Crippen LogP) is 3.04. The summed E-state index contributed by atoms with van der Waals surface area (Å²) < 4.78 is 5.63. The number of aromatic nitrogens is 1. The van der Waals surface area contributed by atoms with Gasteiger partial charge >= 0.3 is 0 Å². The number of benzene rings is 1. The topological polar surface area (TPSA) is 93.1 Å². The number of nitrogens with one attached hydrogen (secondary N) is 1. The summed E-state index contributed by atoms with van der Waals surface area (Å²) >= 11 is 0. The molecule has 4 heterocycles. The Bertz CT molecular complexity index is 1090. The van der Waals surface area contributed by atoms with Crippen LogP contribution >= 0.6 is 0 Å². The van der Waals surface area contributed by atoms with Crippen molar-refractivity contribution in [3.8, 4) is 0 Å². The fourth-order valence-electron chi connectivity index (χ4n) is 4.39. The van der Waals surface area contributed by atoms with Crippen LogP contribution in [-0.2, 0) is 48.6 Å². The maximum atomic E-state index is 13.7. The largest absolute Gasteiger partial charge is 0.381 e. The molecule has 9 heteroatoms. The Kier molecular flexibility index (Phi) is 8.06. The van der Waals surface area contributed by atoms with Gasteiger partial charge in [0.2, 0.25) is 5.78 Å². The number of anilines is 1. The number of carbonyl (C=O) groups is 2. The van der Waals surface area contributed by atoms with E-state index in [9.17, 15) is 9.59 Å². The van der Waals surface area contributed by atoms with Gasteiger partial charge in [-0.2, -0.15) is 0 Å². The maximum absolute atomic E-state index is 13.7. The fraction of sp³-hybridized carbons (Fsp3) is 0.400. The normalized spacial score (nSPS) is 20.4. The first-order chi connectivity index (χ1) is 15.5. The van der Waals surface area contributed by atoms with Gasteiger partial charge in [-0.1, -0.05) is 17.3 Å². The third-order valence-corrected chi connectivity index (χ3v) is 6.25. The van der Waals surface area contributed by atoms with Crippen LogP contribution in [-0.4, -0.2) is 47.1 Å². The minimum absolute atomic E-state index is 0. The number of nitrogens with zero attached hydrogens (tertiary/aromatic N) is 3. The molecule has 0 radical (unpaired) electrons. The number of Topliss-reactive ketones (excluding diaryl/α,β-unsaturated/α-hetero) is 1. The van der Waals surface area contributed by atoms with Gasteiger partial charge in [0, 0.05) is 50.5 Å². The summed E-state index contributed by atoms with van der Waals surface area (Å²) in [7, 11) is 0. The van der Waals surface area contributed by atoms with Gasteiger partial charge in [0.15, 0.2) is 11.3 Å². The first kappa shape index (κ1) is 26.2. The van der Waals surface area contributed by atoms with Gasteiger partial charge in [-0.25, -0.2) is 4.98 Å². The molecular formula is C25H29N4O4W-. The van der Waals surface area contributed by atoms with Gasteiger partial charge in [-0.3, -0.25) is 14.5 Å². The van der Waals surface area contributed by atoms with Crippen molar-refractivity contribution < 1.29 is 40.2 Å². The van der Waals surface area contributed by atoms with E-state index < -0.39 is 5.60 Å². The van der Waals surface area contributed by atoms with Gasteiger partial charge in [0.05, 0.1) is 19.3 Å². The Balaban J connectivity index is 0.00000162. The number of fused-ring (bicyclic) bond motifs is 1. The third-order valence-electron chi connectivity index (χ3n) is 6.25. The molecule has 0 bridgehead atoms. The maximum Gasteiger partial charge on any atom is 0.259 e. The van der Waals surface area contributed by atoms with Crippen molar-refractivity contribution in [1.82, 2.24) is 10.3 Å². The number of oxime groups is 1. The first-order valence-electron chi connectivity index (χ1n) is 11.0. The fourth-order valence-corrected chi connectivity index (χ4v) is 4.39. The summed E-state index contributed by atoms with van der Waals surface area (Å²) in [5.74, 6) is 0.387. The van der Waals surface area contributed by atoms with E-state index in [4.69, 9.17) is 9.57 Å². The van der Waals surface area contributed by atoms with Crippen molar-refractivity contribution in [1.29, 1.82) is 0 Å². The molecule has 0 aliphatic carbocycles. The molecule has 1 amide bonds. The summed E-state index contributed by atoms with van der Waals surface area (Å²) in [5.41, 5.74) is 2.54. The molecule has 1 fully saturated rings. The Morgan fingerprint density at radius 1 is 1.18 bits per heavy atom. The molecule has 0 spiro atoms. The van der Waals surface area contributed by atoms with Crippen LogP contribution in [0.2, 0.25) is 0 Å². The Morgan fingerprint density at radius 3 is 2.59 bits per heavy atom. The summed E-state index contributed by atoms with van der Waals surface area (Å²) in [6, 6.07) is 8.93. The molecular weight excluding hydrogens is 604 g/mol. The van der Waals surface area contributed by atoms with E-state index in [1.165, 1.54) is 0 Å². The molecule has 34 heavy (non-hydrogen) atoms. The smallest absolute Gasteiger partial charge is 0.259 e. The van der Waals surface area contributed by atoms with Gasteiger partial charge in [0.25, 0.3) is 5.91 Å². The van der Waals surface area contributed by atoms with Crippen molar-refractivity contribution in [2.75, 3.05) is 18.0 Å². The molecule has 1 saturated heterocycles. The second-order valence-electron chi connectivity index (χ2n) is 8.89. The van der Waals surface area contributed by atoms with Crippen molar-refractivity contribution in [3.05, 3.63) is 66.2 Å². The number of pyridine rings is 1. The van der Waals surface area contributed by atoms with Crippen LogP contribution in [0.25, 0.3) is 0 Å². The zero-order valence-electron chi connectivity index (χ0n) is 19.7. The first-order valence-corrected chi connectivity index (χ1v) is 11.0. The Morgan fingerprint density at radius 2 is 1.94 bits per heavy atom. The Hall–Kier alpha value is -2.41. The minimum atomic E-state index is -0.962. The second-order valence-corrected chi connectivity index (χ2v) is 8.89. The number of amides is 1. The quantitative estimate of drug-likeness (QED) is 0.521. The molecule has 1 N–H and O–H groups in total. The predicted molar refractivity (Wildman–Crippen MR) is 125 cm³/mol. The van der Waals surface area contributed by atoms with Gasteiger partial charge in [-0.05, 0) is 57.0 Å². The number of ketones is 1. The van der Waals surface area contributed by atoms with E-state index in [-0.39, 0.29) is 51.9 Å². The van der Waals surface area contributed by atoms with Gasteiger partial charge < -0.3 is 22.3 Å². The molecule has 5 rings (SSSR count). The number of hydrogen-bond donors (Lipinski definition) is 1. The van der Waals surface area contributed by atoms with E-state index in [0.29, 0.717) is 36.7 Å². The van der Waals surface area contributed by atoms with Crippen LogP contribution in [0.1, 0.15) is 53.7 Å². The van der Waals surface area contributed by atoms with Crippen molar-refractivity contribution in [2.45, 2.75) is 51.5 Å². The number of rotatable bonds is 4. The number of hydrogen-bond acceptors (Lipinski definition) is 7. The molecule has 1 aromatic heterocycles. The van der Waals surface area contributed by atoms with E-state index in [1.54, 1.807) is 44.3 Å². The number of ether oxygens (including phenoxy) is 1. The van der Waals surface area contributed by atoms with Crippen molar-refractivity contribution in [3.63, 3.8) is 0 Å². The van der Waals surface area contributed by atoms with E-state index in [0.717, 1.165) is 30.5 Å². The third kappa shape index (κ3) is 4.72. The molecule has 180 valence electrons. The van der Waals surface area contributed by atoms with Crippen LogP contribution < -0.4 is 10.2 Å². The van der Waals surface area contributed by atoms with Crippen LogP contribution in [0.15, 0.2) is 41.7 Å². The van der Waals surface area contributed by atoms with Crippen LogP contribution in [0, 0.1) is 7.43 Å². The van der Waals surface area contributed by atoms with E-state index in [2.05, 4.69) is 15.5 Å². The zero-order valence-corrected chi connectivity index (χ0v) is 22.6. The van der Waals surface area contributed by atoms with Crippen molar-refractivity contribution in [2.24, 2.45) is 5.16 Å². The summed E-state index contributed by atoms with van der Waals surface area (Å²) in [6.45, 7) is 6.04. The molecule has 0 saturated carbocycles. The summed E-state index contributed by atoms with van der Waals surface area (Å²) in [5, 5.41) is 7.35. The van der Waals surface area contributed by atoms with Gasteiger partial charge in [-0.15, -0.1) is 0 Å². The molecule has 0 unspecified atom stereocenters. The molecule has 1 atom stereocenters. The standard InChI is InChI=1S/C24H26N4O4.CH3.W/c1-24(2)21(29)20(27-32-24)15-5-7-16(8-6-15)23(30)28(18-4-3-10-25-12-18)22-19-14-31-13-17(19)9-11-26-22;;/h5-9,11,18,25H,3-4,10,12-14H2,1-2H3;1H3;/q;-1;/t18-;;/m1../s1. The second kappa shape index (κ2) is 10.5. The summed E-state index contributed by atoms with van der Waals surface area (Å²) in [4.78, 5) is 37.9. The average Bonchev–Trinajstić information content (AvgIpc) is 3.40. The van der Waals surface area contributed by atoms with Gasteiger partial charge in [0.1, 0.15) is 5.82 Å². The SMILES string of the molecule is CC1(C)ON=C(c2ccc(C(=O)N(c3nccc4c3COC4)[C@@H]3CCCNC3)cc2)C1=O.[CH3-].[W]. The van der Waals surface area contributed by atoms with Crippen molar-refractivity contribution >= 4 is 23.2 Å². The molecule has 3 aliphatic heterocycles. The Labute approximate surface area is 214 Å². The minimum Gasteiger partial charge on any atom is -0.381 e. The number of carbonyl (C=O) groups excluding carboxylic acids is 2. The van der Waals surface area contributed by atoms with E-state index >= 15 is 0 Å². The molecule has 3 aliphatic rings. The molecule has 8 nitrogen and oxygen atoms in total. The van der Waals surface area contributed by atoms with E-state index in [1.807, 2.05) is 11.0 Å².